The summed E-state index contributed by atoms with van der Waals surface area (Å²) in [6.07, 6.45) is -4.42. The number of carboxylic acids is 1. The fraction of sp³-hybridized carbons (Fsp3) is 0.400. The van der Waals surface area contributed by atoms with Crippen LogP contribution >= 0.6 is 0 Å². The summed E-state index contributed by atoms with van der Waals surface area (Å²) in [6, 6.07) is 5.11. The normalized spacial score (nSPS) is 12.9. The molecule has 1 aromatic heterocycles. The lowest BCUT2D eigenvalue weighted by Crippen LogP contribution is -2.31. The van der Waals surface area contributed by atoms with Crippen molar-refractivity contribution in [2.24, 2.45) is 0 Å². The number of fused-ring (bicyclic) bond motifs is 1. The third kappa shape index (κ3) is 2.50. The van der Waals surface area contributed by atoms with Crippen molar-refractivity contribution in [1.82, 2.24) is 4.57 Å². The second-order valence-electron chi connectivity index (χ2n) is 5.48. The fourth-order valence-electron chi connectivity index (χ4n) is 2.40. The Morgan fingerprint density at radius 2 is 1.86 bits per heavy atom. The van der Waals surface area contributed by atoms with Crippen LogP contribution in [0.2, 0.25) is 0 Å². The molecule has 0 aliphatic rings. The van der Waals surface area contributed by atoms with Crippen LogP contribution in [0.4, 0.5) is 13.2 Å². The molecule has 21 heavy (non-hydrogen) atoms. The minimum Gasteiger partial charge on any atom is -0.481 e. The number of nitrogens with zero attached hydrogens (tertiary/aromatic N) is 1. The van der Waals surface area contributed by atoms with Gasteiger partial charge in [-0.15, -0.1) is 0 Å². The minimum absolute atomic E-state index is 0.400. The summed E-state index contributed by atoms with van der Waals surface area (Å²) in [5.41, 5.74) is -1.01. The van der Waals surface area contributed by atoms with E-state index in [1.165, 1.54) is 6.07 Å². The van der Waals surface area contributed by atoms with Crippen molar-refractivity contribution < 1.29 is 23.1 Å². The van der Waals surface area contributed by atoms with Gasteiger partial charge in [-0.25, -0.2) is 0 Å². The number of benzene rings is 1. The lowest BCUT2D eigenvalue weighted by Gasteiger charge is -2.21. The van der Waals surface area contributed by atoms with Crippen LogP contribution in [0.3, 0.4) is 0 Å². The molecule has 0 aliphatic carbocycles. The quantitative estimate of drug-likeness (QED) is 0.929. The average Bonchev–Trinajstić information content (AvgIpc) is 2.75. The number of aliphatic carboxylic acids is 1. The molecular formula is C15H16F3NO2. The molecule has 6 heteroatoms. The zero-order valence-electron chi connectivity index (χ0n) is 12.0. The minimum atomic E-state index is -4.42. The molecule has 0 radical (unpaired) electrons. The van der Waals surface area contributed by atoms with Crippen molar-refractivity contribution >= 4 is 16.9 Å². The van der Waals surface area contributed by atoms with Gasteiger partial charge < -0.3 is 9.67 Å². The summed E-state index contributed by atoms with van der Waals surface area (Å²) < 4.78 is 40.1. The van der Waals surface area contributed by atoms with Gasteiger partial charge in [-0.3, -0.25) is 4.79 Å². The summed E-state index contributed by atoms with van der Waals surface area (Å²) in [7, 11) is 0. The Morgan fingerprint density at radius 3 is 2.33 bits per heavy atom. The van der Waals surface area contributed by atoms with Gasteiger partial charge in [0.05, 0.1) is 5.56 Å². The second kappa shape index (κ2) is 4.79. The van der Waals surface area contributed by atoms with E-state index in [9.17, 15) is 23.1 Å². The van der Waals surface area contributed by atoms with Crippen LogP contribution in [0.25, 0.3) is 10.9 Å². The van der Waals surface area contributed by atoms with Crippen LogP contribution in [-0.2, 0) is 22.9 Å². The highest BCUT2D eigenvalue weighted by molar-refractivity contribution is 5.87. The first kappa shape index (κ1) is 15.4. The Balaban J connectivity index is 2.74. The van der Waals surface area contributed by atoms with Crippen molar-refractivity contribution in [3.05, 3.63) is 35.5 Å². The van der Waals surface area contributed by atoms with Crippen LogP contribution in [-0.4, -0.2) is 15.6 Å². The van der Waals surface area contributed by atoms with Gasteiger partial charge in [0.15, 0.2) is 0 Å². The highest BCUT2D eigenvalue weighted by atomic mass is 19.4. The van der Waals surface area contributed by atoms with E-state index < -0.39 is 23.1 Å². The predicted molar refractivity (Wildman–Crippen MR) is 73.3 cm³/mol. The van der Waals surface area contributed by atoms with Crippen LogP contribution in [0, 0.1) is 0 Å². The van der Waals surface area contributed by atoms with E-state index in [-0.39, 0.29) is 0 Å². The van der Waals surface area contributed by atoms with Gasteiger partial charge in [-0.1, -0.05) is 6.07 Å². The molecule has 0 aliphatic heterocycles. The lowest BCUT2D eigenvalue weighted by atomic mass is 9.89. The molecule has 1 aromatic carbocycles. The maximum absolute atomic E-state index is 12.8. The monoisotopic (exact) mass is 299 g/mol. The van der Waals surface area contributed by atoms with Gasteiger partial charge in [0, 0.05) is 17.8 Å². The number of hydrogen-bond donors (Lipinski definition) is 1. The second-order valence-corrected chi connectivity index (χ2v) is 5.48. The first-order valence-corrected chi connectivity index (χ1v) is 6.53. The summed E-state index contributed by atoms with van der Waals surface area (Å²) in [5.74, 6) is -1.02. The molecule has 0 spiro atoms. The molecule has 0 unspecified atom stereocenters. The number of halogens is 3. The number of hydrogen-bond acceptors (Lipinski definition) is 1. The predicted octanol–water partition coefficient (Wildman–Crippen LogP) is 4.04. The third-order valence-corrected chi connectivity index (χ3v) is 3.72. The van der Waals surface area contributed by atoms with E-state index in [0.717, 1.165) is 12.1 Å². The topological polar surface area (TPSA) is 42.2 Å². The molecule has 0 fully saturated rings. The van der Waals surface area contributed by atoms with Crippen LogP contribution < -0.4 is 0 Å². The van der Waals surface area contributed by atoms with Crippen molar-refractivity contribution in [2.75, 3.05) is 0 Å². The van der Waals surface area contributed by atoms with Crippen LogP contribution in [0.5, 0.6) is 0 Å². The largest absolute Gasteiger partial charge is 0.481 e. The number of carbonyl (C=O) groups is 1. The van der Waals surface area contributed by atoms with E-state index in [1.54, 1.807) is 31.4 Å². The molecule has 114 valence electrons. The molecule has 1 heterocycles. The van der Waals surface area contributed by atoms with Gasteiger partial charge in [-0.05, 0) is 44.4 Å². The third-order valence-electron chi connectivity index (χ3n) is 3.72. The maximum atomic E-state index is 12.8. The summed E-state index contributed by atoms with van der Waals surface area (Å²) in [4.78, 5) is 11.4. The number of rotatable bonds is 3. The average molecular weight is 299 g/mol. The maximum Gasteiger partial charge on any atom is 0.416 e. The Hall–Kier alpha value is -1.98. The Morgan fingerprint density at radius 1 is 1.24 bits per heavy atom. The first-order valence-electron chi connectivity index (χ1n) is 6.53. The van der Waals surface area contributed by atoms with Crippen LogP contribution in [0.1, 0.15) is 32.0 Å². The van der Waals surface area contributed by atoms with Gasteiger partial charge in [0.2, 0.25) is 0 Å². The number of aromatic nitrogens is 1. The van der Waals surface area contributed by atoms with Crippen molar-refractivity contribution in [2.45, 2.75) is 38.9 Å². The fourth-order valence-corrected chi connectivity index (χ4v) is 2.40. The van der Waals surface area contributed by atoms with Gasteiger partial charge >= 0.3 is 12.1 Å². The number of carboxylic acid groups (broad SMARTS) is 1. The molecule has 0 amide bonds. The van der Waals surface area contributed by atoms with E-state index in [2.05, 4.69) is 0 Å². The van der Waals surface area contributed by atoms with Gasteiger partial charge in [0.1, 0.15) is 5.41 Å². The van der Waals surface area contributed by atoms with Crippen molar-refractivity contribution in [1.29, 1.82) is 0 Å². The van der Waals surface area contributed by atoms with Crippen LogP contribution in [0.15, 0.2) is 24.3 Å². The molecule has 2 aromatic rings. The highest BCUT2D eigenvalue weighted by Gasteiger charge is 2.34. The zero-order valence-corrected chi connectivity index (χ0v) is 12.0. The summed E-state index contributed by atoms with van der Waals surface area (Å²) in [5, 5.41) is 9.94. The molecule has 0 bridgehead atoms. The summed E-state index contributed by atoms with van der Waals surface area (Å²) in [6.45, 7) is 5.26. The van der Waals surface area contributed by atoms with E-state index in [1.807, 2.05) is 0 Å². The molecule has 0 saturated heterocycles. The van der Waals surface area contributed by atoms with E-state index in [0.29, 0.717) is 23.1 Å². The molecular weight excluding hydrogens is 283 g/mol. The van der Waals surface area contributed by atoms with Crippen molar-refractivity contribution in [3.63, 3.8) is 0 Å². The smallest absolute Gasteiger partial charge is 0.416 e. The highest BCUT2D eigenvalue weighted by Crippen LogP contribution is 2.35. The SMILES string of the molecule is CCn1c(C(C)(C)C(=O)O)cc2ccc(C(F)(F)F)cc21. The lowest BCUT2D eigenvalue weighted by molar-refractivity contribution is -0.142. The van der Waals surface area contributed by atoms with E-state index >= 15 is 0 Å². The van der Waals surface area contributed by atoms with Crippen molar-refractivity contribution in [3.8, 4) is 0 Å². The first-order chi connectivity index (χ1) is 9.59. The zero-order chi connectivity index (χ0) is 16.0. The van der Waals surface area contributed by atoms with E-state index in [4.69, 9.17) is 0 Å². The van der Waals surface area contributed by atoms with Gasteiger partial charge in [-0.2, -0.15) is 13.2 Å². The Bertz CT molecular complexity index is 699. The summed E-state index contributed by atoms with van der Waals surface area (Å²) >= 11 is 0. The Kier molecular flexibility index (Phi) is 3.51. The van der Waals surface area contributed by atoms with Gasteiger partial charge in [0.25, 0.3) is 0 Å². The Labute approximate surface area is 120 Å². The molecule has 0 saturated carbocycles. The number of aryl methyl sites for hydroxylation is 1. The molecule has 1 N–H and O–H groups in total. The number of alkyl halides is 3. The molecule has 0 atom stereocenters. The molecule has 2 rings (SSSR count). The standard InChI is InChI=1S/C15H16F3NO2/c1-4-19-11-8-10(15(16,17)18)6-5-9(11)7-12(19)14(2,3)13(20)21/h5-8H,4H2,1-3H3,(H,20,21). The molecule has 3 nitrogen and oxygen atoms in total.